The summed E-state index contributed by atoms with van der Waals surface area (Å²) in [6.07, 6.45) is 8.58. The van der Waals surface area contributed by atoms with Crippen LogP contribution in [0, 0.1) is 5.92 Å². The summed E-state index contributed by atoms with van der Waals surface area (Å²) >= 11 is 0. The average molecular weight is 279 g/mol. The van der Waals surface area contributed by atoms with Gasteiger partial charge in [0.05, 0.1) is 0 Å². The molecule has 3 fully saturated rings. The fourth-order valence-electron chi connectivity index (χ4n) is 4.80. The van der Waals surface area contributed by atoms with Gasteiger partial charge in [0.15, 0.2) is 0 Å². The van der Waals surface area contributed by atoms with Crippen LogP contribution in [0.1, 0.15) is 52.4 Å². The van der Waals surface area contributed by atoms with Crippen molar-refractivity contribution in [3.63, 3.8) is 0 Å². The first-order valence-electron chi connectivity index (χ1n) is 8.99. The molecule has 4 unspecified atom stereocenters. The third kappa shape index (κ3) is 3.20. The highest BCUT2D eigenvalue weighted by Crippen LogP contribution is 2.30. The summed E-state index contributed by atoms with van der Waals surface area (Å²) < 4.78 is 0. The lowest BCUT2D eigenvalue weighted by Gasteiger charge is -2.42. The largest absolute Gasteiger partial charge is 0.314 e. The SMILES string of the molecule is CCNC1CCCC1CCN1CC2CCCN2CC1C. The van der Waals surface area contributed by atoms with E-state index in [-0.39, 0.29) is 0 Å². The van der Waals surface area contributed by atoms with Crippen LogP contribution in [-0.2, 0) is 0 Å². The van der Waals surface area contributed by atoms with Gasteiger partial charge < -0.3 is 5.32 Å². The Morgan fingerprint density at radius 2 is 2.00 bits per heavy atom. The zero-order chi connectivity index (χ0) is 13.9. The Balaban J connectivity index is 1.47. The third-order valence-corrected chi connectivity index (χ3v) is 5.98. The van der Waals surface area contributed by atoms with Gasteiger partial charge in [-0.2, -0.15) is 0 Å². The van der Waals surface area contributed by atoms with E-state index in [1.54, 1.807) is 0 Å². The average Bonchev–Trinajstić information content (AvgIpc) is 3.05. The maximum atomic E-state index is 3.70. The summed E-state index contributed by atoms with van der Waals surface area (Å²) in [6, 6.07) is 2.45. The van der Waals surface area contributed by atoms with E-state index in [0.717, 1.165) is 30.6 Å². The van der Waals surface area contributed by atoms with Crippen molar-refractivity contribution in [2.24, 2.45) is 5.92 Å². The molecule has 0 amide bonds. The maximum absolute atomic E-state index is 3.70. The quantitative estimate of drug-likeness (QED) is 0.833. The second-order valence-electron chi connectivity index (χ2n) is 7.28. The Bertz CT molecular complexity index is 307. The molecule has 0 bridgehead atoms. The third-order valence-electron chi connectivity index (χ3n) is 5.98. The number of nitrogens with one attached hydrogen (secondary N) is 1. The van der Waals surface area contributed by atoms with Crippen LogP contribution in [0.15, 0.2) is 0 Å². The predicted octanol–water partition coefficient (Wildman–Crippen LogP) is 2.32. The fraction of sp³-hybridized carbons (Fsp3) is 1.00. The van der Waals surface area contributed by atoms with E-state index in [0.29, 0.717) is 0 Å². The molecule has 3 heteroatoms. The summed E-state index contributed by atoms with van der Waals surface area (Å²) in [6.45, 7) is 11.2. The molecule has 4 atom stereocenters. The molecule has 2 saturated heterocycles. The van der Waals surface area contributed by atoms with Crippen molar-refractivity contribution in [3.8, 4) is 0 Å². The Kier molecular flexibility index (Phi) is 5.00. The minimum Gasteiger partial charge on any atom is -0.314 e. The lowest BCUT2D eigenvalue weighted by Crippen LogP contribution is -2.55. The number of nitrogens with zero attached hydrogens (tertiary/aromatic N) is 2. The van der Waals surface area contributed by atoms with Gasteiger partial charge >= 0.3 is 0 Å². The van der Waals surface area contributed by atoms with Crippen LogP contribution >= 0.6 is 0 Å². The van der Waals surface area contributed by atoms with E-state index in [2.05, 4.69) is 29.0 Å². The van der Waals surface area contributed by atoms with Gasteiger partial charge in [0.25, 0.3) is 0 Å². The molecule has 1 N–H and O–H groups in total. The molecule has 0 aromatic rings. The highest BCUT2D eigenvalue weighted by atomic mass is 15.3. The van der Waals surface area contributed by atoms with Gasteiger partial charge in [0.2, 0.25) is 0 Å². The first kappa shape index (κ1) is 14.8. The van der Waals surface area contributed by atoms with Gasteiger partial charge in [0.1, 0.15) is 0 Å². The topological polar surface area (TPSA) is 18.5 Å². The van der Waals surface area contributed by atoms with Crippen LogP contribution in [0.4, 0.5) is 0 Å². The summed E-state index contributed by atoms with van der Waals surface area (Å²) in [7, 11) is 0. The molecular weight excluding hydrogens is 246 g/mol. The van der Waals surface area contributed by atoms with Crippen molar-refractivity contribution in [2.75, 3.05) is 32.7 Å². The number of piperazine rings is 1. The molecule has 2 aliphatic heterocycles. The molecule has 2 heterocycles. The highest BCUT2D eigenvalue weighted by Gasteiger charge is 2.35. The lowest BCUT2D eigenvalue weighted by molar-refractivity contribution is 0.0547. The van der Waals surface area contributed by atoms with Crippen LogP contribution in [0.5, 0.6) is 0 Å². The Morgan fingerprint density at radius 3 is 2.85 bits per heavy atom. The van der Waals surface area contributed by atoms with Crippen LogP contribution in [0.3, 0.4) is 0 Å². The van der Waals surface area contributed by atoms with Crippen molar-refractivity contribution >= 4 is 0 Å². The second-order valence-corrected chi connectivity index (χ2v) is 7.28. The van der Waals surface area contributed by atoms with Crippen LogP contribution in [0.25, 0.3) is 0 Å². The highest BCUT2D eigenvalue weighted by molar-refractivity contribution is 4.91. The summed E-state index contributed by atoms with van der Waals surface area (Å²) in [4.78, 5) is 5.52. The molecule has 1 saturated carbocycles. The predicted molar refractivity (Wildman–Crippen MR) is 85.1 cm³/mol. The number of hydrogen-bond acceptors (Lipinski definition) is 3. The minimum absolute atomic E-state index is 0.767. The van der Waals surface area contributed by atoms with Crippen LogP contribution in [-0.4, -0.2) is 60.6 Å². The summed E-state index contributed by atoms with van der Waals surface area (Å²) in [5.41, 5.74) is 0. The Labute approximate surface area is 125 Å². The monoisotopic (exact) mass is 279 g/mol. The molecule has 3 nitrogen and oxygen atoms in total. The molecular formula is C17H33N3. The van der Waals surface area contributed by atoms with Gasteiger partial charge in [0, 0.05) is 31.2 Å². The smallest absolute Gasteiger partial charge is 0.0224 e. The minimum atomic E-state index is 0.767. The normalized spacial score (nSPS) is 39.3. The van der Waals surface area contributed by atoms with E-state index in [9.17, 15) is 0 Å². The van der Waals surface area contributed by atoms with Gasteiger partial charge in [-0.15, -0.1) is 0 Å². The van der Waals surface area contributed by atoms with Crippen molar-refractivity contribution < 1.29 is 0 Å². The van der Waals surface area contributed by atoms with Crippen molar-refractivity contribution in [3.05, 3.63) is 0 Å². The van der Waals surface area contributed by atoms with E-state index in [1.807, 2.05) is 0 Å². The molecule has 116 valence electrons. The molecule has 3 aliphatic rings. The molecule has 20 heavy (non-hydrogen) atoms. The Hall–Kier alpha value is -0.120. The fourth-order valence-corrected chi connectivity index (χ4v) is 4.80. The maximum Gasteiger partial charge on any atom is 0.0224 e. The van der Waals surface area contributed by atoms with E-state index >= 15 is 0 Å². The first-order valence-corrected chi connectivity index (χ1v) is 8.99. The van der Waals surface area contributed by atoms with Crippen LogP contribution in [0.2, 0.25) is 0 Å². The van der Waals surface area contributed by atoms with Crippen LogP contribution < -0.4 is 5.32 Å². The molecule has 0 spiro atoms. The van der Waals surface area contributed by atoms with E-state index in [4.69, 9.17) is 0 Å². The summed E-state index contributed by atoms with van der Waals surface area (Å²) in [5, 5.41) is 3.70. The molecule has 0 aromatic carbocycles. The van der Waals surface area contributed by atoms with E-state index < -0.39 is 0 Å². The second kappa shape index (κ2) is 6.76. The lowest BCUT2D eigenvalue weighted by atomic mass is 9.98. The van der Waals surface area contributed by atoms with Gasteiger partial charge in [-0.25, -0.2) is 0 Å². The van der Waals surface area contributed by atoms with Gasteiger partial charge in [-0.3, -0.25) is 9.80 Å². The van der Waals surface area contributed by atoms with E-state index in [1.165, 1.54) is 64.7 Å². The van der Waals surface area contributed by atoms with Crippen molar-refractivity contribution in [1.29, 1.82) is 0 Å². The number of hydrogen-bond donors (Lipinski definition) is 1. The zero-order valence-electron chi connectivity index (χ0n) is 13.5. The zero-order valence-corrected chi connectivity index (χ0v) is 13.5. The molecule has 3 rings (SSSR count). The van der Waals surface area contributed by atoms with Gasteiger partial charge in [-0.05, 0) is 64.6 Å². The standard InChI is InChI=1S/C17H33N3/c1-3-18-17-8-4-6-15(17)9-11-19-13-16-7-5-10-20(16)12-14(19)2/h14-18H,3-13H2,1-2H3. The molecule has 1 aliphatic carbocycles. The summed E-state index contributed by atoms with van der Waals surface area (Å²) in [5.74, 6) is 0.934. The first-order chi connectivity index (χ1) is 9.78. The molecule has 0 aromatic heterocycles. The number of rotatable bonds is 5. The van der Waals surface area contributed by atoms with Gasteiger partial charge in [-0.1, -0.05) is 13.3 Å². The number of fused-ring (bicyclic) bond motifs is 1. The molecule has 0 radical (unpaired) electrons. The van der Waals surface area contributed by atoms with Crippen molar-refractivity contribution in [1.82, 2.24) is 15.1 Å². The Morgan fingerprint density at radius 1 is 1.10 bits per heavy atom. The van der Waals surface area contributed by atoms with Crippen molar-refractivity contribution in [2.45, 2.75) is 70.5 Å².